The minimum atomic E-state index is 0.486. The molecule has 70 valence electrons. The second kappa shape index (κ2) is 2.80. The van der Waals surface area contributed by atoms with Crippen molar-refractivity contribution in [3.05, 3.63) is 11.6 Å². The van der Waals surface area contributed by atoms with E-state index in [0.29, 0.717) is 23.3 Å². The van der Waals surface area contributed by atoms with Gasteiger partial charge in [-0.25, -0.2) is 0 Å². The molecule has 0 aliphatic heterocycles. The summed E-state index contributed by atoms with van der Waals surface area (Å²) in [5.74, 6) is 1.53. The smallest absolute Gasteiger partial charge is 0.216 e. The van der Waals surface area contributed by atoms with Crippen molar-refractivity contribution < 1.29 is 4.74 Å². The van der Waals surface area contributed by atoms with Gasteiger partial charge in [-0.2, -0.15) is 4.98 Å². The van der Waals surface area contributed by atoms with E-state index in [-0.39, 0.29) is 0 Å². The Labute approximate surface area is 76.9 Å². The number of nitrogen functional groups attached to an aromatic ring is 2. The first-order valence-electron chi connectivity index (χ1n) is 4.32. The topological polar surface area (TPSA) is 74.2 Å². The molecule has 4 nitrogen and oxygen atoms in total. The highest BCUT2D eigenvalue weighted by Gasteiger charge is 2.28. The van der Waals surface area contributed by atoms with E-state index in [9.17, 15) is 0 Å². The maximum absolute atomic E-state index is 5.84. The maximum Gasteiger partial charge on any atom is 0.216 e. The van der Waals surface area contributed by atoms with Gasteiger partial charge >= 0.3 is 0 Å². The minimum Gasteiger partial charge on any atom is -0.481 e. The molecule has 0 unspecified atom stereocenters. The third-order valence-corrected chi connectivity index (χ3v) is 2.29. The molecule has 0 atom stereocenters. The number of nitrogens with zero attached hydrogens (tertiary/aromatic N) is 1. The fraction of sp³-hybridized carbons (Fsp3) is 0.444. The van der Waals surface area contributed by atoms with E-state index in [0.717, 1.165) is 5.56 Å². The minimum absolute atomic E-state index is 0.486. The molecule has 13 heavy (non-hydrogen) atoms. The molecule has 0 spiro atoms. The van der Waals surface area contributed by atoms with E-state index in [4.69, 9.17) is 16.2 Å². The summed E-state index contributed by atoms with van der Waals surface area (Å²) in [6.07, 6.45) is 2.34. The molecular formula is C9H13N3O. The van der Waals surface area contributed by atoms with Crippen LogP contribution in [0.4, 0.5) is 11.5 Å². The molecule has 1 heterocycles. The maximum atomic E-state index is 5.84. The fourth-order valence-corrected chi connectivity index (χ4v) is 1.49. The summed E-state index contributed by atoms with van der Waals surface area (Å²) < 4.78 is 4.96. The Kier molecular flexibility index (Phi) is 1.76. The monoisotopic (exact) mass is 179 g/mol. The van der Waals surface area contributed by atoms with E-state index in [2.05, 4.69) is 4.98 Å². The van der Waals surface area contributed by atoms with E-state index < -0.39 is 0 Å². The van der Waals surface area contributed by atoms with E-state index >= 15 is 0 Å². The Bertz CT molecular complexity index is 311. The van der Waals surface area contributed by atoms with E-state index in [1.54, 1.807) is 13.2 Å². The van der Waals surface area contributed by atoms with Crippen LogP contribution in [0.3, 0.4) is 0 Å². The van der Waals surface area contributed by atoms with Crippen molar-refractivity contribution in [1.29, 1.82) is 0 Å². The first kappa shape index (κ1) is 8.16. The first-order valence-corrected chi connectivity index (χ1v) is 4.32. The molecule has 1 fully saturated rings. The van der Waals surface area contributed by atoms with Crippen LogP contribution in [0, 0.1) is 0 Å². The Balaban J connectivity index is 2.44. The van der Waals surface area contributed by atoms with Gasteiger partial charge in [0.25, 0.3) is 0 Å². The van der Waals surface area contributed by atoms with E-state index in [1.807, 2.05) is 0 Å². The van der Waals surface area contributed by atoms with Crippen LogP contribution in [0.5, 0.6) is 5.88 Å². The summed E-state index contributed by atoms with van der Waals surface area (Å²) in [5.41, 5.74) is 13.3. The lowest BCUT2D eigenvalue weighted by molar-refractivity contribution is 0.398. The highest BCUT2D eigenvalue weighted by molar-refractivity contribution is 5.62. The Morgan fingerprint density at radius 1 is 1.46 bits per heavy atom. The summed E-state index contributed by atoms with van der Waals surface area (Å²) in [6, 6.07) is 1.73. The Morgan fingerprint density at radius 3 is 2.62 bits per heavy atom. The van der Waals surface area contributed by atoms with Gasteiger partial charge in [0.15, 0.2) is 0 Å². The van der Waals surface area contributed by atoms with Crippen molar-refractivity contribution in [3.8, 4) is 5.88 Å². The lowest BCUT2D eigenvalue weighted by Crippen LogP contribution is -2.03. The summed E-state index contributed by atoms with van der Waals surface area (Å²) in [4.78, 5) is 4.09. The molecule has 1 aliphatic carbocycles. The summed E-state index contributed by atoms with van der Waals surface area (Å²) in [7, 11) is 1.55. The second-order valence-electron chi connectivity index (χ2n) is 3.33. The Morgan fingerprint density at radius 2 is 2.15 bits per heavy atom. The number of hydrogen-bond acceptors (Lipinski definition) is 4. The highest BCUT2D eigenvalue weighted by Crippen LogP contribution is 2.45. The summed E-state index contributed by atoms with van der Waals surface area (Å²) in [5, 5.41) is 0. The number of anilines is 2. The van der Waals surface area contributed by atoms with Gasteiger partial charge in [0.2, 0.25) is 5.88 Å². The third-order valence-electron chi connectivity index (χ3n) is 2.29. The molecule has 0 saturated heterocycles. The molecule has 0 radical (unpaired) electrons. The second-order valence-corrected chi connectivity index (χ2v) is 3.33. The number of methoxy groups -OCH3 is 1. The normalized spacial score (nSPS) is 15.8. The van der Waals surface area contributed by atoms with Gasteiger partial charge < -0.3 is 16.2 Å². The van der Waals surface area contributed by atoms with Crippen LogP contribution in [0.25, 0.3) is 0 Å². The zero-order valence-electron chi connectivity index (χ0n) is 7.58. The zero-order valence-corrected chi connectivity index (χ0v) is 7.58. The molecule has 1 saturated carbocycles. The number of pyridine rings is 1. The van der Waals surface area contributed by atoms with Gasteiger partial charge in [0.05, 0.1) is 7.11 Å². The molecule has 2 rings (SSSR count). The SMILES string of the molecule is COc1cc(N)c(C2CC2)c(N)n1. The van der Waals surface area contributed by atoms with Crippen molar-refractivity contribution in [2.75, 3.05) is 18.6 Å². The number of ether oxygens (including phenoxy) is 1. The summed E-state index contributed by atoms with van der Waals surface area (Å²) in [6.45, 7) is 0. The largest absolute Gasteiger partial charge is 0.481 e. The lowest BCUT2D eigenvalue weighted by Gasteiger charge is -2.08. The van der Waals surface area contributed by atoms with Crippen LogP contribution in [-0.4, -0.2) is 12.1 Å². The zero-order chi connectivity index (χ0) is 9.42. The summed E-state index contributed by atoms with van der Waals surface area (Å²) >= 11 is 0. The highest BCUT2D eigenvalue weighted by atomic mass is 16.5. The van der Waals surface area contributed by atoms with Crippen LogP contribution in [0.1, 0.15) is 24.3 Å². The number of hydrogen-bond donors (Lipinski definition) is 2. The molecule has 0 aromatic carbocycles. The van der Waals surface area contributed by atoms with Gasteiger partial charge in [-0.3, -0.25) is 0 Å². The molecule has 1 aromatic heterocycles. The average molecular weight is 179 g/mol. The number of rotatable bonds is 2. The molecule has 0 amide bonds. The van der Waals surface area contributed by atoms with Crippen LogP contribution in [0.2, 0.25) is 0 Å². The molecule has 4 N–H and O–H groups in total. The van der Waals surface area contributed by atoms with Gasteiger partial charge in [-0.05, 0) is 18.8 Å². The Hall–Kier alpha value is -1.45. The van der Waals surface area contributed by atoms with Crippen LogP contribution >= 0.6 is 0 Å². The first-order chi connectivity index (χ1) is 6.22. The van der Waals surface area contributed by atoms with Gasteiger partial charge in [0, 0.05) is 17.3 Å². The molecule has 1 aliphatic rings. The number of aromatic nitrogens is 1. The lowest BCUT2D eigenvalue weighted by atomic mass is 10.1. The predicted molar refractivity (Wildman–Crippen MR) is 51.6 cm³/mol. The van der Waals surface area contributed by atoms with Gasteiger partial charge in [-0.1, -0.05) is 0 Å². The van der Waals surface area contributed by atoms with Crippen molar-refractivity contribution >= 4 is 11.5 Å². The van der Waals surface area contributed by atoms with Crippen molar-refractivity contribution in [2.45, 2.75) is 18.8 Å². The molecule has 0 bridgehead atoms. The van der Waals surface area contributed by atoms with Crippen molar-refractivity contribution in [1.82, 2.24) is 4.98 Å². The average Bonchev–Trinajstić information content (AvgIpc) is 2.87. The number of nitrogens with two attached hydrogens (primary N) is 2. The molecular weight excluding hydrogens is 166 g/mol. The predicted octanol–water partition coefficient (Wildman–Crippen LogP) is 1.13. The molecule has 1 aromatic rings. The van der Waals surface area contributed by atoms with Crippen LogP contribution < -0.4 is 16.2 Å². The van der Waals surface area contributed by atoms with Crippen molar-refractivity contribution in [3.63, 3.8) is 0 Å². The van der Waals surface area contributed by atoms with Crippen molar-refractivity contribution in [2.24, 2.45) is 0 Å². The van der Waals surface area contributed by atoms with Crippen LogP contribution in [-0.2, 0) is 0 Å². The molecule has 4 heteroatoms. The fourth-order valence-electron chi connectivity index (χ4n) is 1.49. The van der Waals surface area contributed by atoms with Crippen LogP contribution in [0.15, 0.2) is 6.07 Å². The van der Waals surface area contributed by atoms with E-state index in [1.165, 1.54) is 12.8 Å². The van der Waals surface area contributed by atoms with Gasteiger partial charge in [-0.15, -0.1) is 0 Å². The third kappa shape index (κ3) is 1.39. The quantitative estimate of drug-likeness (QED) is 0.713. The standard InChI is InChI=1S/C9H13N3O/c1-13-7-4-6(10)8(5-2-3-5)9(11)12-7/h4-5H,2-3H2,1H3,(H4,10,11,12). The van der Waals surface area contributed by atoms with Gasteiger partial charge in [0.1, 0.15) is 5.82 Å².